The lowest BCUT2D eigenvalue weighted by Gasteiger charge is -2.37. The first kappa shape index (κ1) is 15.3. The summed E-state index contributed by atoms with van der Waals surface area (Å²) in [5.74, 6) is 0. The third-order valence-corrected chi connectivity index (χ3v) is 4.99. The lowest BCUT2D eigenvalue weighted by Crippen LogP contribution is -2.49. The van der Waals surface area contributed by atoms with Gasteiger partial charge in [0, 0.05) is 25.7 Å². The molecule has 0 aromatic heterocycles. The van der Waals surface area contributed by atoms with Crippen molar-refractivity contribution in [3.63, 3.8) is 0 Å². The fourth-order valence-corrected chi connectivity index (χ4v) is 3.71. The molecule has 0 spiro atoms. The predicted molar refractivity (Wildman–Crippen MR) is 89.1 cm³/mol. The van der Waals surface area contributed by atoms with Crippen molar-refractivity contribution in [2.24, 2.45) is 0 Å². The highest BCUT2D eigenvalue weighted by molar-refractivity contribution is 5.76. The van der Waals surface area contributed by atoms with E-state index in [1.54, 1.807) is 0 Å². The van der Waals surface area contributed by atoms with Crippen LogP contribution in [0.5, 0.6) is 0 Å². The Kier molecular flexibility index (Phi) is 4.98. The summed E-state index contributed by atoms with van der Waals surface area (Å²) in [5, 5.41) is 2.92. The number of urea groups is 1. The Morgan fingerprint density at radius 2 is 2.14 bits per heavy atom. The van der Waals surface area contributed by atoms with Crippen LogP contribution in [0.3, 0.4) is 0 Å². The topological polar surface area (TPSA) is 35.6 Å². The molecule has 1 N–H and O–H groups in total. The number of nitrogens with zero attached hydrogens (tertiary/aromatic N) is 2. The number of likely N-dealkylation sites (tertiary alicyclic amines) is 1. The van der Waals surface area contributed by atoms with Crippen LogP contribution in [0.2, 0.25) is 0 Å². The molecule has 0 radical (unpaired) electrons. The monoisotopic (exact) mass is 301 g/mol. The fraction of sp³-hybridized carbons (Fsp3) is 0.611. The summed E-state index contributed by atoms with van der Waals surface area (Å²) in [6.07, 6.45) is 4.71. The zero-order chi connectivity index (χ0) is 15.4. The number of hydrogen-bond donors (Lipinski definition) is 1. The normalized spacial score (nSPS) is 22.9. The van der Waals surface area contributed by atoms with E-state index in [1.807, 2.05) is 4.90 Å². The molecular weight excluding hydrogens is 274 g/mol. The Morgan fingerprint density at radius 3 is 2.91 bits per heavy atom. The van der Waals surface area contributed by atoms with Crippen molar-refractivity contribution in [1.29, 1.82) is 0 Å². The minimum atomic E-state index is 0.131. The molecule has 0 bridgehead atoms. The second-order valence-corrected chi connectivity index (χ2v) is 6.55. The molecule has 2 saturated heterocycles. The van der Waals surface area contributed by atoms with Gasteiger partial charge in [-0.25, -0.2) is 4.79 Å². The minimum Gasteiger partial charge on any atom is -0.336 e. The Balaban J connectivity index is 1.46. The SMILES string of the molecule is Cc1ccccc1CCCN1CCC[C@H](N2CCNC2=O)C1. The maximum Gasteiger partial charge on any atom is 0.317 e. The molecule has 120 valence electrons. The van der Waals surface area contributed by atoms with Gasteiger partial charge in [-0.15, -0.1) is 0 Å². The average molecular weight is 301 g/mol. The van der Waals surface area contributed by atoms with Gasteiger partial charge in [0.2, 0.25) is 0 Å². The Labute approximate surface area is 133 Å². The van der Waals surface area contributed by atoms with Gasteiger partial charge in [-0.1, -0.05) is 24.3 Å². The van der Waals surface area contributed by atoms with Gasteiger partial charge >= 0.3 is 6.03 Å². The number of aryl methyl sites for hydroxylation is 2. The van der Waals surface area contributed by atoms with Crippen LogP contribution in [0.4, 0.5) is 4.79 Å². The summed E-state index contributed by atoms with van der Waals surface area (Å²) in [7, 11) is 0. The summed E-state index contributed by atoms with van der Waals surface area (Å²) in [5.41, 5.74) is 2.86. The third kappa shape index (κ3) is 3.61. The van der Waals surface area contributed by atoms with Crippen molar-refractivity contribution < 1.29 is 4.79 Å². The molecular formula is C18H27N3O. The third-order valence-electron chi connectivity index (χ3n) is 4.99. The smallest absolute Gasteiger partial charge is 0.317 e. The first-order valence-electron chi connectivity index (χ1n) is 8.55. The first-order chi connectivity index (χ1) is 10.7. The van der Waals surface area contributed by atoms with Gasteiger partial charge in [-0.3, -0.25) is 0 Å². The number of nitrogens with one attached hydrogen (secondary N) is 1. The maximum atomic E-state index is 11.8. The molecule has 1 aromatic rings. The van der Waals surface area contributed by atoms with E-state index in [2.05, 4.69) is 41.4 Å². The summed E-state index contributed by atoms with van der Waals surface area (Å²) < 4.78 is 0. The van der Waals surface area contributed by atoms with E-state index in [0.717, 1.165) is 39.0 Å². The second-order valence-electron chi connectivity index (χ2n) is 6.55. The van der Waals surface area contributed by atoms with Gasteiger partial charge in [0.15, 0.2) is 0 Å². The Hall–Kier alpha value is -1.55. The van der Waals surface area contributed by atoms with Crippen molar-refractivity contribution in [2.75, 3.05) is 32.7 Å². The molecule has 2 fully saturated rings. The number of amides is 2. The number of hydrogen-bond acceptors (Lipinski definition) is 2. The minimum absolute atomic E-state index is 0.131. The van der Waals surface area contributed by atoms with Crippen LogP contribution in [-0.4, -0.2) is 54.6 Å². The second kappa shape index (κ2) is 7.14. The molecule has 2 amide bonds. The van der Waals surface area contributed by atoms with E-state index in [-0.39, 0.29) is 6.03 Å². The van der Waals surface area contributed by atoms with Crippen LogP contribution in [0.25, 0.3) is 0 Å². The molecule has 0 unspecified atom stereocenters. The molecule has 0 saturated carbocycles. The molecule has 2 heterocycles. The highest BCUT2D eigenvalue weighted by Crippen LogP contribution is 2.18. The highest BCUT2D eigenvalue weighted by atomic mass is 16.2. The molecule has 1 aromatic carbocycles. The van der Waals surface area contributed by atoms with Crippen LogP contribution in [-0.2, 0) is 6.42 Å². The van der Waals surface area contributed by atoms with Gasteiger partial charge in [0.25, 0.3) is 0 Å². The quantitative estimate of drug-likeness (QED) is 0.906. The van der Waals surface area contributed by atoms with Gasteiger partial charge < -0.3 is 15.1 Å². The molecule has 2 aliphatic heterocycles. The maximum absolute atomic E-state index is 11.8. The largest absolute Gasteiger partial charge is 0.336 e. The molecule has 4 heteroatoms. The van der Waals surface area contributed by atoms with Gasteiger partial charge in [-0.05, 0) is 56.8 Å². The van der Waals surface area contributed by atoms with E-state index in [4.69, 9.17) is 0 Å². The lowest BCUT2D eigenvalue weighted by atomic mass is 10.0. The standard InChI is InChI=1S/C18H27N3O/c1-15-6-2-3-7-16(15)8-4-11-20-12-5-9-17(14-20)21-13-10-19-18(21)22/h2-3,6-7,17H,4-5,8-14H2,1H3,(H,19,22)/t17-/m0/s1. The van der Waals surface area contributed by atoms with Gasteiger partial charge in [-0.2, -0.15) is 0 Å². The molecule has 2 aliphatic rings. The van der Waals surface area contributed by atoms with Crippen LogP contribution < -0.4 is 5.32 Å². The molecule has 22 heavy (non-hydrogen) atoms. The number of carbonyl (C=O) groups excluding carboxylic acids is 1. The lowest BCUT2D eigenvalue weighted by molar-refractivity contribution is 0.125. The summed E-state index contributed by atoms with van der Waals surface area (Å²) >= 11 is 0. The predicted octanol–water partition coefficient (Wildman–Crippen LogP) is 2.42. The van der Waals surface area contributed by atoms with Crippen molar-refractivity contribution in [3.8, 4) is 0 Å². The van der Waals surface area contributed by atoms with E-state index < -0.39 is 0 Å². The molecule has 4 nitrogen and oxygen atoms in total. The number of carbonyl (C=O) groups is 1. The van der Waals surface area contributed by atoms with Crippen LogP contribution in [0.1, 0.15) is 30.4 Å². The molecule has 3 rings (SSSR count). The Morgan fingerprint density at radius 1 is 1.27 bits per heavy atom. The number of rotatable bonds is 5. The van der Waals surface area contributed by atoms with E-state index >= 15 is 0 Å². The average Bonchev–Trinajstić information content (AvgIpc) is 2.96. The van der Waals surface area contributed by atoms with E-state index in [0.29, 0.717) is 6.04 Å². The van der Waals surface area contributed by atoms with Gasteiger partial charge in [0.05, 0.1) is 0 Å². The number of piperidine rings is 1. The summed E-state index contributed by atoms with van der Waals surface area (Å²) in [6, 6.07) is 9.21. The summed E-state index contributed by atoms with van der Waals surface area (Å²) in [6.45, 7) is 7.24. The van der Waals surface area contributed by atoms with Crippen molar-refractivity contribution in [3.05, 3.63) is 35.4 Å². The van der Waals surface area contributed by atoms with Crippen molar-refractivity contribution >= 4 is 6.03 Å². The zero-order valence-electron chi connectivity index (χ0n) is 13.6. The number of benzene rings is 1. The van der Waals surface area contributed by atoms with Crippen molar-refractivity contribution in [2.45, 2.75) is 38.6 Å². The molecule has 1 atom stereocenters. The summed E-state index contributed by atoms with van der Waals surface area (Å²) in [4.78, 5) is 16.4. The first-order valence-corrected chi connectivity index (χ1v) is 8.55. The van der Waals surface area contributed by atoms with Crippen LogP contribution in [0, 0.1) is 6.92 Å². The van der Waals surface area contributed by atoms with Gasteiger partial charge in [0.1, 0.15) is 0 Å². The van der Waals surface area contributed by atoms with Crippen molar-refractivity contribution in [1.82, 2.24) is 15.1 Å². The van der Waals surface area contributed by atoms with Crippen LogP contribution in [0.15, 0.2) is 24.3 Å². The zero-order valence-corrected chi connectivity index (χ0v) is 13.6. The fourth-order valence-electron chi connectivity index (χ4n) is 3.71. The van der Waals surface area contributed by atoms with Crippen LogP contribution >= 0.6 is 0 Å². The van der Waals surface area contributed by atoms with E-state index in [1.165, 1.54) is 30.5 Å². The Bertz CT molecular complexity index is 517. The highest BCUT2D eigenvalue weighted by Gasteiger charge is 2.30. The van der Waals surface area contributed by atoms with E-state index in [9.17, 15) is 4.79 Å². The molecule has 0 aliphatic carbocycles.